The number of methoxy groups -OCH3 is 1. The molecule has 144 valence electrons. The molecule has 1 aliphatic rings. The zero-order valence-corrected chi connectivity index (χ0v) is 16.8. The van der Waals surface area contributed by atoms with E-state index in [0.717, 1.165) is 4.90 Å². The standard InChI is InChI=1S/C16H20N2O5S.C2H6/c1-16(2,3)23-15(21)18-11-8-24-12-6-5-9(14(20)22-4)7-10(12)17-13(11)19;1-2/h5-7,11H,8H2,1-4H3,(H,17,19)(H,18,21);1-2H3/t11-;/m0./s1. The number of amides is 2. The number of fused-ring (bicyclic) bond motifs is 1. The Morgan fingerprint density at radius 3 is 2.50 bits per heavy atom. The van der Waals surface area contributed by atoms with E-state index in [9.17, 15) is 14.4 Å². The van der Waals surface area contributed by atoms with Crippen molar-refractivity contribution >= 4 is 35.4 Å². The number of alkyl carbamates (subject to hydrolysis) is 1. The van der Waals surface area contributed by atoms with E-state index in [-0.39, 0.29) is 5.91 Å². The molecular weight excluding hydrogens is 356 g/mol. The van der Waals surface area contributed by atoms with Crippen LogP contribution in [0.5, 0.6) is 0 Å². The SMILES string of the molecule is CC.COC(=O)c1ccc2c(c1)NC(=O)[C@@H](NC(=O)OC(C)(C)C)CS2. The third-order valence-corrected chi connectivity index (χ3v) is 4.24. The fraction of sp³-hybridized carbons (Fsp3) is 0.500. The minimum Gasteiger partial charge on any atom is -0.465 e. The molecule has 1 aromatic carbocycles. The highest BCUT2D eigenvalue weighted by molar-refractivity contribution is 7.99. The second-order valence-corrected chi connectivity index (χ2v) is 7.26. The molecule has 0 unspecified atom stereocenters. The van der Waals surface area contributed by atoms with Crippen LogP contribution in [0.2, 0.25) is 0 Å². The number of hydrogen-bond donors (Lipinski definition) is 2. The van der Waals surface area contributed by atoms with Gasteiger partial charge in [-0.2, -0.15) is 0 Å². The van der Waals surface area contributed by atoms with E-state index in [0.29, 0.717) is 17.0 Å². The number of hydrogen-bond acceptors (Lipinski definition) is 6. The Kier molecular flexibility index (Phi) is 7.95. The molecule has 1 heterocycles. The maximum atomic E-state index is 12.3. The summed E-state index contributed by atoms with van der Waals surface area (Å²) in [5.74, 6) is -0.491. The topological polar surface area (TPSA) is 93.7 Å². The van der Waals surface area contributed by atoms with Crippen molar-refractivity contribution < 1.29 is 23.9 Å². The Bertz CT molecular complexity index is 670. The molecule has 2 rings (SSSR count). The summed E-state index contributed by atoms with van der Waals surface area (Å²) in [6, 6.07) is 4.19. The van der Waals surface area contributed by atoms with Crippen molar-refractivity contribution in [2.75, 3.05) is 18.2 Å². The van der Waals surface area contributed by atoms with Gasteiger partial charge in [-0.15, -0.1) is 11.8 Å². The van der Waals surface area contributed by atoms with Crippen LogP contribution in [0.1, 0.15) is 45.0 Å². The third-order valence-electron chi connectivity index (χ3n) is 3.07. The number of carbonyl (C=O) groups is 3. The number of anilines is 1. The quantitative estimate of drug-likeness (QED) is 0.761. The van der Waals surface area contributed by atoms with E-state index in [1.807, 2.05) is 13.8 Å². The highest BCUT2D eigenvalue weighted by Gasteiger charge is 2.28. The molecular formula is C18H26N2O5S. The summed E-state index contributed by atoms with van der Waals surface area (Å²) < 4.78 is 9.84. The molecule has 0 spiro atoms. The number of ether oxygens (including phenoxy) is 2. The van der Waals surface area contributed by atoms with E-state index in [4.69, 9.17) is 4.74 Å². The molecule has 8 heteroatoms. The van der Waals surface area contributed by atoms with Crippen LogP contribution in [0, 0.1) is 0 Å². The van der Waals surface area contributed by atoms with Crippen molar-refractivity contribution in [2.45, 2.75) is 51.2 Å². The average molecular weight is 382 g/mol. The molecule has 0 aromatic heterocycles. The summed E-state index contributed by atoms with van der Waals surface area (Å²) in [6.45, 7) is 9.25. The number of benzene rings is 1. The summed E-state index contributed by atoms with van der Waals surface area (Å²) in [6.07, 6.45) is -0.649. The fourth-order valence-electron chi connectivity index (χ4n) is 2.02. The Morgan fingerprint density at radius 1 is 1.27 bits per heavy atom. The van der Waals surface area contributed by atoms with Gasteiger partial charge in [-0.05, 0) is 39.0 Å². The normalized spacial score (nSPS) is 16.1. The number of esters is 1. The Hall–Kier alpha value is -2.22. The fourth-order valence-corrected chi connectivity index (χ4v) is 3.03. The summed E-state index contributed by atoms with van der Waals surface area (Å²) in [5.41, 5.74) is 0.216. The first-order valence-corrected chi connectivity index (χ1v) is 9.34. The Labute approximate surface area is 158 Å². The Balaban J connectivity index is 0.00000163. The van der Waals surface area contributed by atoms with Crippen LogP contribution in [0.15, 0.2) is 23.1 Å². The Morgan fingerprint density at radius 2 is 1.92 bits per heavy atom. The van der Waals surface area contributed by atoms with Crippen LogP contribution < -0.4 is 10.6 Å². The van der Waals surface area contributed by atoms with Gasteiger partial charge in [0.05, 0.1) is 18.4 Å². The van der Waals surface area contributed by atoms with Gasteiger partial charge in [0.25, 0.3) is 0 Å². The lowest BCUT2D eigenvalue weighted by atomic mass is 10.2. The molecule has 0 fully saturated rings. The van der Waals surface area contributed by atoms with E-state index in [1.54, 1.807) is 39.0 Å². The average Bonchev–Trinajstić information content (AvgIpc) is 2.73. The zero-order valence-electron chi connectivity index (χ0n) is 16.0. The predicted octanol–water partition coefficient (Wildman–Crippen LogP) is 3.44. The second kappa shape index (κ2) is 9.47. The van der Waals surface area contributed by atoms with E-state index in [2.05, 4.69) is 15.4 Å². The summed E-state index contributed by atoms with van der Waals surface area (Å²) in [7, 11) is 1.29. The zero-order chi connectivity index (χ0) is 19.9. The van der Waals surface area contributed by atoms with Crippen LogP contribution in [-0.4, -0.2) is 42.5 Å². The lowest BCUT2D eigenvalue weighted by Crippen LogP contribution is -2.46. The van der Waals surface area contributed by atoms with Gasteiger partial charge >= 0.3 is 12.1 Å². The molecule has 7 nitrogen and oxygen atoms in total. The van der Waals surface area contributed by atoms with Gasteiger partial charge in [0.1, 0.15) is 11.6 Å². The first-order valence-electron chi connectivity index (χ1n) is 8.35. The minimum atomic E-state index is -0.737. The number of thioether (sulfide) groups is 1. The smallest absolute Gasteiger partial charge is 0.408 e. The largest absolute Gasteiger partial charge is 0.465 e. The predicted molar refractivity (Wildman–Crippen MR) is 102 cm³/mol. The van der Waals surface area contributed by atoms with Crippen molar-refractivity contribution in [3.05, 3.63) is 23.8 Å². The van der Waals surface area contributed by atoms with Crippen molar-refractivity contribution in [1.82, 2.24) is 5.32 Å². The van der Waals surface area contributed by atoms with Crippen molar-refractivity contribution in [1.29, 1.82) is 0 Å². The van der Waals surface area contributed by atoms with Gasteiger partial charge in [0.2, 0.25) is 5.91 Å². The molecule has 1 aromatic rings. The maximum absolute atomic E-state index is 12.3. The minimum absolute atomic E-state index is 0.343. The van der Waals surface area contributed by atoms with Crippen LogP contribution in [0.3, 0.4) is 0 Å². The van der Waals surface area contributed by atoms with Crippen molar-refractivity contribution in [3.8, 4) is 0 Å². The molecule has 0 bridgehead atoms. The van der Waals surface area contributed by atoms with Crippen LogP contribution >= 0.6 is 11.8 Å². The van der Waals surface area contributed by atoms with Gasteiger partial charge in [0.15, 0.2) is 0 Å². The van der Waals surface area contributed by atoms with Gasteiger partial charge in [-0.3, -0.25) is 4.79 Å². The second-order valence-electron chi connectivity index (χ2n) is 6.20. The number of carbonyl (C=O) groups excluding carboxylic acids is 3. The molecule has 0 saturated carbocycles. The van der Waals surface area contributed by atoms with Crippen LogP contribution in [0.25, 0.3) is 0 Å². The van der Waals surface area contributed by atoms with Gasteiger partial charge in [-0.1, -0.05) is 13.8 Å². The highest BCUT2D eigenvalue weighted by Crippen LogP contribution is 2.31. The van der Waals surface area contributed by atoms with Crippen LogP contribution in [-0.2, 0) is 14.3 Å². The van der Waals surface area contributed by atoms with Crippen molar-refractivity contribution in [3.63, 3.8) is 0 Å². The first kappa shape index (κ1) is 21.8. The van der Waals surface area contributed by atoms with E-state index in [1.165, 1.54) is 18.9 Å². The molecule has 2 N–H and O–H groups in total. The highest BCUT2D eigenvalue weighted by atomic mass is 32.2. The summed E-state index contributed by atoms with van der Waals surface area (Å²) in [4.78, 5) is 36.6. The van der Waals surface area contributed by atoms with Gasteiger partial charge < -0.3 is 20.1 Å². The molecule has 0 aliphatic carbocycles. The lowest BCUT2D eigenvalue weighted by molar-refractivity contribution is -0.117. The maximum Gasteiger partial charge on any atom is 0.408 e. The molecule has 26 heavy (non-hydrogen) atoms. The van der Waals surface area contributed by atoms with Crippen molar-refractivity contribution in [2.24, 2.45) is 0 Å². The van der Waals surface area contributed by atoms with Gasteiger partial charge in [-0.25, -0.2) is 9.59 Å². The van der Waals surface area contributed by atoms with Gasteiger partial charge in [0, 0.05) is 10.6 Å². The lowest BCUT2D eigenvalue weighted by Gasteiger charge is -2.22. The number of rotatable bonds is 2. The molecule has 2 amide bonds. The molecule has 1 atom stereocenters. The monoisotopic (exact) mass is 382 g/mol. The van der Waals surface area contributed by atoms with Crippen LogP contribution in [0.4, 0.5) is 10.5 Å². The number of nitrogens with one attached hydrogen (secondary N) is 2. The summed E-state index contributed by atoms with van der Waals surface area (Å²) in [5, 5.41) is 5.29. The van der Waals surface area contributed by atoms with E-state index >= 15 is 0 Å². The summed E-state index contributed by atoms with van der Waals surface area (Å²) >= 11 is 1.40. The molecule has 0 radical (unpaired) electrons. The molecule has 0 saturated heterocycles. The van der Waals surface area contributed by atoms with E-state index < -0.39 is 23.7 Å². The first-order chi connectivity index (χ1) is 12.2. The third kappa shape index (κ3) is 6.25. The molecule has 1 aliphatic heterocycles.